The smallest absolute Gasteiger partial charge is 0.290 e. The summed E-state index contributed by atoms with van der Waals surface area (Å²) in [5, 5.41) is 11.5. The molecule has 3 fully saturated rings. The van der Waals surface area contributed by atoms with E-state index < -0.39 is 70.9 Å². The number of ketones is 1. The summed E-state index contributed by atoms with van der Waals surface area (Å²) in [5.41, 5.74) is 0.114. The van der Waals surface area contributed by atoms with Gasteiger partial charge in [0, 0.05) is 31.3 Å². The number of nitrogens with zero attached hydrogens (tertiary/aromatic N) is 4. The molecule has 1 saturated heterocycles. The number of likely N-dealkylation sites (tertiary alicyclic amines) is 1. The van der Waals surface area contributed by atoms with Crippen molar-refractivity contribution in [2.75, 3.05) is 6.54 Å². The first-order valence-corrected chi connectivity index (χ1v) is 19.5. The van der Waals surface area contributed by atoms with Gasteiger partial charge in [0.05, 0.1) is 18.3 Å². The number of nitrogens with one attached hydrogen (secondary N) is 4. The number of amides is 5. The number of carbonyl (C=O) groups is 6. The lowest BCUT2D eigenvalue weighted by Gasteiger charge is -2.38. The van der Waals surface area contributed by atoms with Crippen molar-refractivity contribution in [3.8, 4) is 0 Å². The predicted octanol–water partition coefficient (Wildman–Crippen LogP) is 3.44. The third-order valence-electron chi connectivity index (χ3n) is 11.3. The Labute approximate surface area is 317 Å². The van der Waals surface area contributed by atoms with Crippen molar-refractivity contribution in [2.45, 2.75) is 129 Å². The van der Waals surface area contributed by atoms with Gasteiger partial charge in [-0.1, -0.05) is 59.8 Å². The van der Waals surface area contributed by atoms with Gasteiger partial charge in [0.1, 0.15) is 23.8 Å². The standard InChI is InChI=1S/C40H56N8O6/c1-6-11-29(33(49)38(53)44-24(2)25-16-18-41-19-17-25)45-37(52)32-28-15-10-14-27(28)23-48(32)39(54)34(40(3,4)5)47-36(51)31(26-12-8-7-9-13-26)46-35(50)30-22-42-20-21-43-30/h16-22,24,26-29,31-32,34H,6-15,23H2,1-5H3,(H,44,53)(H,45,52)(H,46,50)(H,47,51)/t24-,27?,28-,29-,31-,32-,34+/m0/s1. The number of aromatic nitrogens is 3. The zero-order valence-electron chi connectivity index (χ0n) is 32.2. The molecule has 1 aliphatic heterocycles. The van der Waals surface area contributed by atoms with E-state index in [1.807, 2.05) is 27.7 Å². The van der Waals surface area contributed by atoms with Crippen LogP contribution in [-0.2, 0) is 24.0 Å². The Kier molecular flexibility index (Phi) is 13.5. The van der Waals surface area contributed by atoms with E-state index in [1.54, 1.807) is 36.4 Å². The van der Waals surface area contributed by atoms with E-state index in [0.717, 1.165) is 56.9 Å². The van der Waals surface area contributed by atoms with Crippen LogP contribution in [0.3, 0.4) is 0 Å². The Hall–Kier alpha value is -4.75. The molecule has 5 amide bonds. The quantitative estimate of drug-likeness (QED) is 0.210. The molecule has 14 nitrogen and oxygen atoms in total. The zero-order valence-corrected chi connectivity index (χ0v) is 32.2. The second kappa shape index (κ2) is 18.1. The lowest BCUT2D eigenvalue weighted by Crippen LogP contribution is -2.62. The molecule has 14 heteroatoms. The van der Waals surface area contributed by atoms with Crippen LogP contribution in [0.4, 0.5) is 0 Å². The summed E-state index contributed by atoms with van der Waals surface area (Å²) in [6.07, 6.45) is 15.2. The lowest BCUT2D eigenvalue weighted by molar-refractivity contribution is -0.146. The van der Waals surface area contributed by atoms with Crippen LogP contribution in [-0.4, -0.2) is 85.9 Å². The van der Waals surface area contributed by atoms with Crippen LogP contribution in [0.15, 0.2) is 43.1 Å². The highest BCUT2D eigenvalue weighted by molar-refractivity contribution is 6.38. The summed E-state index contributed by atoms with van der Waals surface area (Å²) >= 11 is 0. The van der Waals surface area contributed by atoms with Crippen LogP contribution in [0.1, 0.15) is 121 Å². The van der Waals surface area contributed by atoms with E-state index >= 15 is 0 Å². The molecule has 3 aliphatic rings. The number of pyridine rings is 1. The van der Waals surface area contributed by atoms with Crippen molar-refractivity contribution >= 4 is 35.3 Å². The van der Waals surface area contributed by atoms with Crippen molar-refractivity contribution in [1.29, 1.82) is 0 Å². The highest BCUT2D eigenvalue weighted by Crippen LogP contribution is 2.43. The van der Waals surface area contributed by atoms with Crippen molar-refractivity contribution in [1.82, 2.24) is 41.1 Å². The molecule has 2 aromatic heterocycles. The molecule has 0 radical (unpaired) electrons. The third-order valence-corrected chi connectivity index (χ3v) is 11.3. The maximum Gasteiger partial charge on any atom is 0.290 e. The van der Waals surface area contributed by atoms with Crippen molar-refractivity contribution in [3.63, 3.8) is 0 Å². The van der Waals surface area contributed by atoms with E-state index in [2.05, 4.69) is 36.2 Å². The van der Waals surface area contributed by atoms with Crippen molar-refractivity contribution in [2.24, 2.45) is 23.2 Å². The Bertz CT molecular complexity index is 1640. The van der Waals surface area contributed by atoms with E-state index in [9.17, 15) is 28.8 Å². The van der Waals surface area contributed by atoms with Crippen LogP contribution in [0.25, 0.3) is 0 Å². The van der Waals surface area contributed by atoms with E-state index in [4.69, 9.17) is 0 Å². The van der Waals surface area contributed by atoms with Crippen LogP contribution < -0.4 is 21.3 Å². The molecular weight excluding hydrogens is 688 g/mol. The minimum Gasteiger partial charge on any atom is -0.344 e. The number of rotatable bonds is 14. The first-order chi connectivity index (χ1) is 25.8. The molecule has 2 aromatic rings. The average Bonchev–Trinajstić information content (AvgIpc) is 3.77. The average molecular weight is 745 g/mol. The summed E-state index contributed by atoms with van der Waals surface area (Å²) in [7, 11) is 0. The van der Waals surface area contributed by atoms with E-state index in [1.165, 1.54) is 18.6 Å². The Morgan fingerprint density at radius 2 is 1.57 bits per heavy atom. The van der Waals surface area contributed by atoms with Crippen molar-refractivity contribution in [3.05, 3.63) is 54.4 Å². The lowest BCUT2D eigenvalue weighted by atomic mass is 9.82. The van der Waals surface area contributed by atoms with Gasteiger partial charge in [0.25, 0.3) is 11.8 Å². The van der Waals surface area contributed by atoms with Gasteiger partial charge in [-0.15, -0.1) is 0 Å². The Morgan fingerprint density at radius 1 is 0.852 bits per heavy atom. The summed E-state index contributed by atoms with van der Waals surface area (Å²) in [6.45, 7) is 9.56. The van der Waals surface area contributed by atoms with E-state index in [-0.39, 0.29) is 29.9 Å². The molecule has 0 spiro atoms. The van der Waals surface area contributed by atoms with Gasteiger partial charge in [-0.05, 0) is 79.9 Å². The van der Waals surface area contributed by atoms with Gasteiger partial charge < -0.3 is 26.2 Å². The monoisotopic (exact) mass is 744 g/mol. The number of Topliss-reactive ketones (excluding diaryl/α,β-unsaturated/α-hetero) is 1. The summed E-state index contributed by atoms with van der Waals surface area (Å²) in [4.78, 5) is 96.8. The fourth-order valence-electron chi connectivity index (χ4n) is 8.39. The molecule has 2 saturated carbocycles. The Morgan fingerprint density at radius 3 is 2.22 bits per heavy atom. The normalized spacial score (nSPS) is 22.2. The minimum absolute atomic E-state index is 0.0899. The zero-order chi connectivity index (χ0) is 39.0. The van der Waals surface area contributed by atoms with E-state index in [0.29, 0.717) is 13.0 Å². The first-order valence-electron chi connectivity index (χ1n) is 19.5. The van der Waals surface area contributed by atoms with Gasteiger partial charge >= 0.3 is 0 Å². The fraction of sp³-hybridized carbons (Fsp3) is 0.625. The topological polar surface area (TPSA) is 192 Å². The predicted molar refractivity (Wildman–Crippen MR) is 200 cm³/mol. The number of fused-ring (bicyclic) bond motifs is 1. The van der Waals surface area contributed by atoms with Gasteiger partial charge in [-0.25, -0.2) is 4.98 Å². The SMILES string of the molecule is CCC[C@H](NC(=O)[C@@H]1[C@H]2CCCC2CN1C(=O)[C@@H](NC(=O)[C@@H](NC(=O)c1cnccn1)C1CCCCC1)C(C)(C)C)C(=O)C(=O)N[C@@H](C)c1ccncc1. The fourth-order valence-corrected chi connectivity index (χ4v) is 8.39. The summed E-state index contributed by atoms with van der Waals surface area (Å²) in [6, 6.07) is -0.810. The third kappa shape index (κ3) is 9.67. The molecule has 0 aromatic carbocycles. The largest absolute Gasteiger partial charge is 0.344 e. The molecule has 7 atom stereocenters. The molecule has 2 aliphatic carbocycles. The van der Waals surface area contributed by atoms with Crippen LogP contribution in [0, 0.1) is 23.2 Å². The number of hydrogen-bond donors (Lipinski definition) is 4. The molecular formula is C40H56N8O6. The molecule has 5 rings (SSSR count). The van der Waals surface area contributed by atoms with Gasteiger partial charge in [0.15, 0.2) is 0 Å². The van der Waals surface area contributed by atoms with Crippen LogP contribution in [0.2, 0.25) is 0 Å². The first kappa shape index (κ1) is 40.4. The molecule has 0 bridgehead atoms. The minimum atomic E-state index is -1.07. The van der Waals surface area contributed by atoms with Crippen LogP contribution in [0.5, 0.6) is 0 Å². The van der Waals surface area contributed by atoms with Gasteiger partial charge in [0.2, 0.25) is 23.5 Å². The molecule has 1 unspecified atom stereocenters. The van der Waals surface area contributed by atoms with Crippen molar-refractivity contribution < 1.29 is 28.8 Å². The molecule has 292 valence electrons. The molecule has 3 heterocycles. The van der Waals surface area contributed by atoms with Crippen LogP contribution >= 0.6 is 0 Å². The maximum absolute atomic E-state index is 14.7. The number of carbonyl (C=O) groups excluding carboxylic acids is 6. The summed E-state index contributed by atoms with van der Waals surface area (Å²) < 4.78 is 0. The maximum atomic E-state index is 14.7. The van der Waals surface area contributed by atoms with Gasteiger partial charge in [-0.2, -0.15) is 0 Å². The highest BCUT2D eigenvalue weighted by Gasteiger charge is 2.52. The van der Waals surface area contributed by atoms with Gasteiger partial charge in [-0.3, -0.25) is 38.7 Å². The summed E-state index contributed by atoms with van der Waals surface area (Å²) in [5.74, 6) is -3.56. The number of hydrogen-bond acceptors (Lipinski definition) is 9. The second-order valence-corrected chi connectivity index (χ2v) is 16.2. The highest BCUT2D eigenvalue weighted by atomic mass is 16.2. The molecule has 4 N–H and O–H groups in total. The molecule has 54 heavy (non-hydrogen) atoms. The second-order valence-electron chi connectivity index (χ2n) is 16.2. The Balaban J connectivity index is 1.34.